The van der Waals surface area contributed by atoms with Crippen LogP contribution in [0.5, 0.6) is 5.75 Å². The summed E-state index contributed by atoms with van der Waals surface area (Å²) >= 11 is 0. The van der Waals surface area contributed by atoms with Crippen LogP contribution in [0.1, 0.15) is 12.5 Å². The number of nitrogens with one attached hydrogen (secondary N) is 1. The fourth-order valence-corrected chi connectivity index (χ4v) is 4.51. The number of carbonyl (C=O) groups excluding carboxylic acids is 1. The van der Waals surface area contributed by atoms with Gasteiger partial charge in [-0.15, -0.1) is 0 Å². The smallest absolute Gasteiger partial charge is 0.263 e. The van der Waals surface area contributed by atoms with Crippen molar-refractivity contribution in [2.45, 2.75) is 19.6 Å². The Morgan fingerprint density at radius 1 is 0.971 bits per heavy atom. The van der Waals surface area contributed by atoms with Gasteiger partial charge in [-0.3, -0.25) is 24.0 Å². The van der Waals surface area contributed by atoms with E-state index in [0.717, 1.165) is 38.3 Å². The lowest BCUT2D eigenvalue weighted by Gasteiger charge is -2.15. The Labute approximate surface area is 194 Å². The minimum atomic E-state index is -0.688. The van der Waals surface area contributed by atoms with Crippen LogP contribution in [0.25, 0.3) is 38.1 Å². The number of rotatable bonds is 5. The Hall–Kier alpha value is -4.52. The predicted octanol–water partition coefficient (Wildman–Crippen LogP) is 4.07. The Morgan fingerprint density at radius 3 is 2.59 bits per heavy atom. The average Bonchev–Trinajstić information content (AvgIpc) is 3.21. The van der Waals surface area contributed by atoms with Gasteiger partial charge in [0.2, 0.25) is 0 Å². The van der Waals surface area contributed by atoms with E-state index in [1.807, 2.05) is 54.6 Å². The molecule has 0 saturated carbocycles. The summed E-state index contributed by atoms with van der Waals surface area (Å²) < 4.78 is 7.69. The van der Waals surface area contributed by atoms with Crippen molar-refractivity contribution in [1.82, 2.24) is 19.7 Å². The molecule has 0 aliphatic carbocycles. The molecule has 166 valence electrons. The molecule has 0 saturated heterocycles. The van der Waals surface area contributed by atoms with E-state index in [-0.39, 0.29) is 11.5 Å². The molecule has 6 aromatic rings. The van der Waals surface area contributed by atoms with E-state index in [4.69, 9.17) is 4.74 Å². The van der Waals surface area contributed by atoms with E-state index in [1.54, 1.807) is 36.0 Å². The first-order valence-electron chi connectivity index (χ1n) is 11.0. The topological polar surface area (TPSA) is 85.6 Å². The van der Waals surface area contributed by atoms with Gasteiger partial charge in [0, 0.05) is 46.7 Å². The molecule has 0 aliphatic rings. The van der Waals surface area contributed by atoms with Crippen molar-refractivity contribution in [3.8, 4) is 5.75 Å². The first-order chi connectivity index (χ1) is 16.6. The number of hydrogen-bond acceptors (Lipinski definition) is 5. The van der Waals surface area contributed by atoms with Crippen molar-refractivity contribution in [1.29, 1.82) is 0 Å². The highest BCUT2D eigenvalue weighted by molar-refractivity contribution is 6.18. The van der Waals surface area contributed by atoms with E-state index in [0.29, 0.717) is 17.7 Å². The van der Waals surface area contributed by atoms with Gasteiger partial charge in [0.15, 0.2) is 6.10 Å². The highest BCUT2D eigenvalue weighted by Gasteiger charge is 2.19. The Balaban J connectivity index is 1.38. The number of aromatic nitrogens is 3. The third kappa shape index (κ3) is 3.13. The molecule has 7 nitrogen and oxygen atoms in total. The normalized spacial score (nSPS) is 12.5. The number of carbonyl (C=O) groups is 1. The average molecular weight is 448 g/mol. The molecule has 4 aromatic heterocycles. The molecule has 1 amide bonds. The van der Waals surface area contributed by atoms with Gasteiger partial charge in [-0.2, -0.15) is 0 Å². The van der Waals surface area contributed by atoms with Crippen LogP contribution in [0.15, 0.2) is 84.0 Å². The fourth-order valence-electron chi connectivity index (χ4n) is 4.51. The number of amides is 1. The molecule has 0 unspecified atom stereocenters. The highest BCUT2D eigenvalue weighted by atomic mass is 16.5. The summed E-state index contributed by atoms with van der Waals surface area (Å²) in [6.45, 7) is 2.12. The van der Waals surface area contributed by atoms with Gasteiger partial charge < -0.3 is 10.1 Å². The highest BCUT2D eigenvalue weighted by Crippen LogP contribution is 2.34. The molecular weight excluding hydrogens is 428 g/mol. The van der Waals surface area contributed by atoms with Gasteiger partial charge >= 0.3 is 0 Å². The van der Waals surface area contributed by atoms with Gasteiger partial charge in [-0.25, -0.2) is 0 Å². The third-order valence-corrected chi connectivity index (χ3v) is 6.16. The molecule has 0 bridgehead atoms. The summed E-state index contributed by atoms with van der Waals surface area (Å²) in [5.74, 6) is 0.343. The molecule has 6 rings (SSSR count). The number of hydrogen-bond donors (Lipinski definition) is 1. The number of pyridine rings is 3. The van der Waals surface area contributed by atoms with E-state index in [2.05, 4.69) is 15.3 Å². The summed E-state index contributed by atoms with van der Waals surface area (Å²) in [5.41, 5.74) is 3.25. The molecule has 4 heterocycles. The lowest BCUT2D eigenvalue weighted by atomic mass is 10.1. The van der Waals surface area contributed by atoms with Gasteiger partial charge in [0.05, 0.1) is 16.6 Å². The second-order valence-corrected chi connectivity index (χ2v) is 8.25. The Morgan fingerprint density at radius 2 is 1.76 bits per heavy atom. The molecule has 7 heteroatoms. The van der Waals surface area contributed by atoms with Crippen molar-refractivity contribution >= 4 is 44.0 Å². The Kier molecular flexibility index (Phi) is 4.62. The maximum atomic E-state index is 13.4. The van der Waals surface area contributed by atoms with Crippen LogP contribution < -0.4 is 15.6 Å². The summed E-state index contributed by atoms with van der Waals surface area (Å²) in [6, 6.07) is 18.7. The maximum Gasteiger partial charge on any atom is 0.263 e. The number of benzene rings is 2. The zero-order chi connectivity index (χ0) is 23.2. The second kappa shape index (κ2) is 7.81. The summed E-state index contributed by atoms with van der Waals surface area (Å²) in [5, 5.41) is 6.15. The molecule has 0 aliphatic heterocycles. The van der Waals surface area contributed by atoms with Crippen LogP contribution in [0, 0.1) is 0 Å². The van der Waals surface area contributed by atoms with Gasteiger partial charge in [-0.05, 0) is 55.0 Å². The number of fused-ring (bicyclic) bond motifs is 5. The monoisotopic (exact) mass is 448 g/mol. The van der Waals surface area contributed by atoms with Crippen molar-refractivity contribution in [2.75, 3.05) is 0 Å². The predicted molar refractivity (Wildman–Crippen MR) is 131 cm³/mol. The molecule has 2 aromatic carbocycles. The minimum Gasteiger partial charge on any atom is -0.481 e. The van der Waals surface area contributed by atoms with Gasteiger partial charge in [0.1, 0.15) is 5.75 Å². The summed E-state index contributed by atoms with van der Waals surface area (Å²) in [7, 11) is 0. The third-order valence-electron chi connectivity index (χ3n) is 6.16. The first-order valence-corrected chi connectivity index (χ1v) is 11.0. The molecular formula is C27H20N4O3. The quantitative estimate of drug-likeness (QED) is 0.402. The number of nitrogens with zero attached hydrogens (tertiary/aromatic N) is 3. The van der Waals surface area contributed by atoms with Crippen molar-refractivity contribution in [3.05, 3.63) is 95.2 Å². The van der Waals surface area contributed by atoms with E-state index in [9.17, 15) is 9.59 Å². The van der Waals surface area contributed by atoms with Crippen LogP contribution in [0.2, 0.25) is 0 Å². The second-order valence-electron chi connectivity index (χ2n) is 8.25. The van der Waals surface area contributed by atoms with Crippen molar-refractivity contribution in [2.24, 2.45) is 0 Å². The molecule has 34 heavy (non-hydrogen) atoms. The van der Waals surface area contributed by atoms with Crippen LogP contribution in [-0.4, -0.2) is 26.4 Å². The maximum absolute atomic E-state index is 13.4. The molecule has 1 N–H and O–H groups in total. The van der Waals surface area contributed by atoms with Crippen LogP contribution in [0.3, 0.4) is 0 Å². The van der Waals surface area contributed by atoms with E-state index >= 15 is 0 Å². The fraction of sp³-hybridized carbons (Fsp3) is 0.111. The SMILES string of the molecule is C[C@H](Oc1ccc2c(c1)c1ccnc3c4ccccc4c(=O)n2c13)C(=O)NCc1ccncc1. The van der Waals surface area contributed by atoms with Crippen LogP contribution >= 0.6 is 0 Å². The minimum absolute atomic E-state index is 0.0753. The lowest BCUT2D eigenvalue weighted by molar-refractivity contribution is -0.127. The molecule has 0 spiro atoms. The molecule has 0 fully saturated rings. The largest absolute Gasteiger partial charge is 0.481 e. The summed E-state index contributed by atoms with van der Waals surface area (Å²) in [4.78, 5) is 34.5. The van der Waals surface area contributed by atoms with Crippen molar-refractivity contribution < 1.29 is 9.53 Å². The van der Waals surface area contributed by atoms with Crippen LogP contribution in [-0.2, 0) is 11.3 Å². The van der Waals surface area contributed by atoms with E-state index in [1.165, 1.54) is 0 Å². The zero-order valence-electron chi connectivity index (χ0n) is 18.4. The van der Waals surface area contributed by atoms with E-state index < -0.39 is 6.10 Å². The zero-order valence-corrected chi connectivity index (χ0v) is 18.4. The van der Waals surface area contributed by atoms with Gasteiger partial charge in [-0.1, -0.05) is 18.2 Å². The summed E-state index contributed by atoms with van der Waals surface area (Å²) in [6.07, 6.45) is 4.45. The standard InChI is InChI=1S/C27H20N4O3/c1-16(26(32)30-15-17-8-11-28-12-9-17)34-18-6-7-23-22(14-18)20-10-13-29-24-19-4-2-3-5-21(19)27(33)31(23)25(20)24/h2-14,16H,15H2,1H3,(H,30,32)/t16-/m0/s1. The molecule has 0 radical (unpaired) electrons. The van der Waals surface area contributed by atoms with Gasteiger partial charge in [0.25, 0.3) is 11.5 Å². The van der Waals surface area contributed by atoms with Crippen LogP contribution in [0.4, 0.5) is 0 Å². The molecule has 1 atom stereocenters. The lowest BCUT2D eigenvalue weighted by Crippen LogP contribution is -2.35. The Bertz CT molecular complexity index is 1740. The first kappa shape index (κ1) is 20.1. The number of ether oxygens (including phenoxy) is 1. The van der Waals surface area contributed by atoms with Crippen molar-refractivity contribution in [3.63, 3.8) is 0 Å².